The number of aromatic amines is 1. The van der Waals surface area contributed by atoms with Gasteiger partial charge in [-0.25, -0.2) is 0 Å². The Bertz CT molecular complexity index is 506. The van der Waals surface area contributed by atoms with Crippen LogP contribution in [0.1, 0.15) is 0 Å². The molecule has 5 heteroatoms. The maximum Gasteiger partial charge on any atom is 0.310 e. The second-order valence-corrected chi connectivity index (χ2v) is 3.23. The molecule has 5 nitrogen and oxygen atoms in total. The fourth-order valence-corrected chi connectivity index (χ4v) is 1.51. The molecule has 1 heterocycles. The third-order valence-electron chi connectivity index (χ3n) is 2.29. The van der Waals surface area contributed by atoms with E-state index in [0.29, 0.717) is 0 Å². The Morgan fingerprint density at radius 1 is 1.38 bits per heavy atom. The summed E-state index contributed by atoms with van der Waals surface area (Å²) in [4.78, 5) is 13.3. The molecule has 0 saturated carbocycles. The molecular weight excluding hydrogens is 208 g/mol. The number of nitrogens with one attached hydrogen (secondary N) is 1. The van der Waals surface area contributed by atoms with Gasteiger partial charge in [0.1, 0.15) is 0 Å². The van der Waals surface area contributed by atoms with Crippen LogP contribution in [0.2, 0.25) is 0 Å². The first-order valence-electron chi connectivity index (χ1n) is 4.68. The van der Waals surface area contributed by atoms with Crippen LogP contribution >= 0.6 is 0 Å². The summed E-state index contributed by atoms with van der Waals surface area (Å²) < 4.78 is 4.99. The topological polar surface area (TPSA) is 68.2 Å². The molecule has 16 heavy (non-hydrogen) atoms. The zero-order valence-electron chi connectivity index (χ0n) is 8.64. The number of methoxy groups -OCH3 is 1. The molecule has 0 radical (unpaired) electrons. The van der Waals surface area contributed by atoms with E-state index < -0.39 is 4.92 Å². The van der Waals surface area contributed by atoms with E-state index in [0.717, 1.165) is 11.3 Å². The first-order valence-corrected chi connectivity index (χ1v) is 4.68. The second-order valence-electron chi connectivity index (χ2n) is 3.23. The van der Waals surface area contributed by atoms with Gasteiger partial charge in [-0.2, -0.15) is 0 Å². The van der Waals surface area contributed by atoms with Crippen LogP contribution in [-0.4, -0.2) is 17.0 Å². The van der Waals surface area contributed by atoms with Crippen molar-refractivity contribution in [2.75, 3.05) is 7.11 Å². The highest BCUT2D eigenvalue weighted by atomic mass is 16.6. The summed E-state index contributed by atoms with van der Waals surface area (Å²) in [5, 5.41) is 10.7. The van der Waals surface area contributed by atoms with Gasteiger partial charge in [-0.15, -0.1) is 0 Å². The average molecular weight is 218 g/mol. The number of ether oxygens (including phenoxy) is 1. The highest BCUT2D eigenvalue weighted by Gasteiger charge is 2.15. The lowest BCUT2D eigenvalue weighted by molar-refractivity contribution is -0.385. The van der Waals surface area contributed by atoms with Gasteiger partial charge in [0, 0.05) is 23.5 Å². The third-order valence-corrected chi connectivity index (χ3v) is 2.29. The molecule has 0 bridgehead atoms. The Hall–Kier alpha value is -2.30. The summed E-state index contributed by atoms with van der Waals surface area (Å²) in [5.41, 5.74) is 1.72. The third kappa shape index (κ3) is 1.75. The van der Waals surface area contributed by atoms with Crippen LogP contribution in [0.15, 0.2) is 36.5 Å². The summed E-state index contributed by atoms with van der Waals surface area (Å²) in [6.45, 7) is 0. The molecule has 2 rings (SSSR count). The minimum atomic E-state index is -0.461. The molecule has 82 valence electrons. The molecule has 0 amide bonds. The van der Waals surface area contributed by atoms with Crippen molar-refractivity contribution in [2.45, 2.75) is 0 Å². The van der Waals surface area contributed by atoms with E-state index in [9.17, 15) is 10.1 Å². The highest BCUT2D eigenvalue weighted by molar-refractivity contribution is 5.65. The van der Waals surface area contributed by atoms with Crippen LogP contribution in [0.4, 0.5) is 5.69 Å². The number of hydrogen-bond donors (Lipinski definition) is 1. The van der Waals surface area contributed by atoms with Gasteiger partial charge < -0.3 is 9.72 Å². The highest BCUT2D eigenvalue weighted by Crippen LogP contribution is 2.31. The lowest BCUT2D eigenvalue weighted by Crippen LogP contribution is -1.93. The molecule has 0 atom stereocenters. The molecule has 0 unspecified atom stereocenters. The van der Waals surface area contributed by atoms with Crippen molar-refractivity contribution in [3.63, 3.8) is 0 Å². The number of rotatable bonds is 3. The van der Waals surface area contributed by atoms with E-state index >= 15 is 0 Å². The normalized spacial score (nSPS) is 10.1. The average Bonchev–Trinajstić information content (AvgIpc) is 2.81. The molecule has 0 saturated heterocycles. The second kappa shape index (κ2) is 4.06. The summed E-state index contributed by atoms with van der Waals surface area (Å²) in [5.74, 6) is 0.261. The quantitative estimate of drug-likeness (QED) is 0.636. The van der Waals surface area contributed by atoms with Crippen LogP contribution in [0, 0.1) is 10.1 Å². The van der Waals surface area contributed by atoms with E-state index in [1.165, 1.54) is 13.2 Å². The predicted molar refractivity (Wildman–Crippen MR) is 59.4 cm³/mol. The molecule has 2 aromatic rings. The Labute approximate surface area is 91.8 Å². The largest absolute Gasteiger partial charge is 0.490 e. The molecule has 0 aliphatic rings. The van der Waals surface area contributed by atoms with Gasteiger partial charge in [0.05, 0.1) is 12.0 Å². The first-order chi connectivity index (χ1) is 7.72. The maximum absolute atomic E-state index is 10.7. The van der Waals surface area contributed by atoms with Crippen LogP contribution in [-0.2, 0) is 0 Å². The number of nitro groups is 1. The Balaban J connectivity index is 2.49. The van der Waals surface area contributed by atoms with Crippen molar-refractivity contribution in [2.24, 2.45) is 0 Å². The number of benzene rings is 1. The van der Waals surface area contributed by atoms with E-state index in [1.807, 2.05) is 12.1 Å². The van der Waals surface area contributed by atoms with Crippen LogP contribution in [0.25, 0.3) is 11.3 Å². The van der Waals surface area contributed by atoms with Gasteiger partial charge in [0.2, 0.25) is 0 Å². The lowest BCUT2D eigenvalue weighted by Gasteiger charge is -2.03. The van der Waals surface area contributed by atoms with Crippen LogP contribution in [0.3, 0.4) is 0 Å². The molecule has 0 aliphatic heterocycles. The number of hydrogen-bond acceptors (Lipinski definition) is 3. The van der Waals surface area contributed by atoms with E-state index in [1.54, 1.807) is 18.3 Å². The van der Waals surface area contributed by atoms with E-state index in [4.69, 9.17) is 4.74 Å². The van der Waals surface area contributed by atoms with Crippen LogP contribution < -0.4 is 4.74 Å². The summed E-state index contributed by atoms with van der Waals surface area (Å²) in [7, 11) is 1.42. The monoisotopic (exact) mass is 218 g/mol. The SMILES string of the molecule is COc1cc(-c2ccc[nH]2)ccc1[N+](=O)[O-]. The number of nitrogens with zero attached hydrogens (tertiary/aromatic N) is 1. The molecule has 0 spiro atoms. The van der Waals surface area contributed by atoms with Gasteiger partial charge in [0.25, 0.3) is 0 Å². The van der Waals surface area contributed by atoms with Crippen molar-refractivity contribution in [1.29, 1.82) is 0 Å². The fourth-order valence-electron chi connectivity index (χ4n) is 1.51. The van der Waals surface area contributed by atoms with Crippen molar-refractivity contribution < 1.29 is 9.66 Å². The fraction of sp³-hybridized carbons (Fsp3) is 0.0909. The molecular formula is C11H10N2O3. The zero-order valence-corrected chi connectivity index (χ0v) is 8.64. The summed E-state index contributed by atoms with van der Waals surface area (Å²) in [6, 6.07) is 8.52. The van der Waals surface area contributed by atoms with Crippen molar-refractivity contribution in [3.8, 4) is 17.0 Å². The van der Waals surface area contributed by atoms with Gasteiger partial charge >= 0.3 is 5.69 Å². The van der Waals surface area contributed by atoms with Crippen LogP contribution in [0.5, 0.6) is 5.75 Å². The zero-order chi connectivity index (χ0) is 11.5. The molecule has 1 N–H and O–H groups in total. The summed E-state index contributed by atoms with van der Waals surface area (Å²) in [6.07, 6.45) is 1.79. The van der Waals surface area contributed by atoms with Gasteiger partial charge in [-0.1, -0.05) is 0 Å². The maximum atomic E-state index is 10.7. The van der Waals surface area contributed by atoms with Gasteiger partial charge in [-0.05, 0) is 24.3 Å². The number of H-pyrrole nitrogens is 1. The van der Waals surface area contributed by atoms with Crippen molar-refractivity contribution in [1.82, 2.24) is 4.98 Å². The Kier molecular flexibility index (Phi) is 2.59. The van der Waals surface area contributed by atoms with Crippen molar-refractivity contribution >= 4 is 5.69 Å². The molecule has 1 aromatic heterocycles. The minimum absolute atomic E-state index is 0.0298. The number of nitro benzene ring substituents is 1. The van der Waals surface area contributed by atoms with E-state index in [-0.39, 0.29) is 11.4 Å². The van der Waals surface area contributed by atoms with Crippen molar-refractivity contribution in [3.05, 3.63) is 46.6 Å². The predicted octanol–water partition coefficient (Wildman–Crippen LogP) is 2.60. The molecule has 0 fully saturated rings. The molecule has 1 aromatic carbocycles. The minimum Gasteiger partial charge on any atom is -0.490 e. The van der Waals surface area contributed by atoms with E-state index in [2.05, 4.69) is 4.98 Å². The standard InChI is InChI=1S/C11H10N2O3/c1-16-11-7-8(9-3-2-6-12-9)4-5-10(11)13(14)15/h2-7,12H,1H3. The molecule has 0 aliphatic carbocycles. The lowest BCUT2D eigenvalue weighted by atomic mass is 10.1. The smallest absolute Gasteiger partial charge is 0.310 e. The van der Waals surface area contributed by atoms with Gasteiger partial charge in [-0.3, -0.25) is 10.1 Å². The Morgan fingerprint density at radius 2 is 2.19 bits per heavy atom. The first kappa shape index (κ1) is 10.2. The number of aromatic nitrogens is 1. The summed E-state index contributed by atoms with van der Waals surface area (Å²) >= 11 is 0. The Morgan fingerprint density at radius 3 is 2.75 bits per heavy atom. The van der Waals surface area contributed by atoms with Gasteiger partial charge in [0.15, 0.2) is 5.75 Å².